The summed E-state index contributed by atoms with van der Waals surface area (Å²) in [5.41, 5.74) is 0.871. The molecule has 0 spiro atoms. The summed E-state index contributed by atoms with van der Waals surface area (Å²) >= 11 is 0. The van der Waals surface area contributed by atoms with E-state index in [0.717, 1.165) is 0 Å². The van der Waals surface area contributed by atoms with Crippen molar-refractivity contribution in [3.63, 3.8) is 0 Å². The molecule has 0 aromatic heterocycles. The summed E-state index contributed by atoms with van der Waals surface area (Å²) < 4.78 is 30.6. The zero-order chi connectivity index (χ0) is 16.0. The van der Waals surface area contributed by atoms with Crippen LogP contribution < -0.4 is 0 Å². The van der Waals surface area contributed by atoms with Crippen molar-refractivity contribution in [2.75, 3.05) is 20.7 Å². The molecule has 0 bridgehead atoms. The van der Waals surface area contributed by atoms with Crippen LogP contribution in [0.15, 0.2) is 23.1 Å². The predicted octanol–water partition coefficient (Wildman–Crippen LogP) is 1.44. The van der Waals surface area contributed by atoms with Crippen molar-refractivity contribution in [2.24, 2.45) is 0 Å². The standard InChI is InChI=1S/C14H18N2O4S/c1-11-6-7-12(10-15)9-13(11)21(18,19)16(2)8-4-5-14(17)20-3/h6-7,9H,4-5,8H2,1-3H3. The van der Waals surface area contributed by atoms with Gasteiger partial charge in [0.25, 0.3) is 0 Å². The predicted molar refractivity (Wildman–Crippen MR) is 77.0 cm³/mol. The maximum Gasteiger partial charge on any atom is 0.305 e. The van der Waals surface area contributed by atoms with E-state index >= 15 is 0 Å². The lowest BCUT2D eigenvalue weighted by Crippen LogP contribution is -2.29. The van der Waals surface area contributed by atoms with Crippen LogP contribution in [0.4, 0.5) is 0 Å². The molecule has 0 fully saturated rings. The molecule has 6 nitrogen and oxygen atoms in total. The number of hydrogen-bond donors (Lipinski definition) is 0. The third kappa shape index (κ3) is 4.28. The highest BCUT2D eigenvalue weighted by atomic mass is 32.2. The van der Waals surface area contributed by atoms with E-state index in [1.165, 1.54) is 24.5 Å². The van der Waals surface area contributed by atoms with E-state index in [-0.39, 0.29) is 23.8 Å². The molecule has 0 radical (unpaired) electrons. The van der Waals surface area contributed by atoms with Crippen LogP contribution >= 0.6 is 0 Å². The van der Waals surface area contributed by atoms with Crippen LogP contribution in [0, 0.1) is 18.3 Å². The Morgan fingerprint density at radius 3 is 2.67 bits per heavy atom. The normalized spacial score (nSPS) is 11.2. The summed E-state index contributed by atoms with van der Waals surface area (Å²) in [6, 6.07) is 6.47. The Morgan fingerprint density at radius 1 is 1.43 bits per heavy atom. The average molecular weight is 310 g/mol. The summed E-state index contributed by atoms with van der Waals surface area (Å²) in [4.78, 5) is 11.1. The van der Waals surface area contributed by atoms with Crippen LogP contribution in [-0.4, -0.2) is 39.4 Å². The lowest BCUT2D eigenvalue weighted by Gasteiger charge is -2.18. The van der Waals surface area contributed by atoms with Crippen LogP contribution in [0.5, 0.6) is 0 Å². The van der Waals surface area contributed by atoms with E-state index in [4.69, 9.17) is 5.26 Å². The number of nitriles is 1. The van der Waals surface area contributed by atoms with Crippen molar-refractivity contribution >= 4 is 16.0 Å². The summed E-state index contributed by atoms with van der Waals surface area (Å²) in [5, 5.41) is 8.88. The molecule has 0 N–H and O–H groups in total. The summed E-state index contributed by atoms with van der Waals surface area (Å²) in [5.74, 6) is -0.372. The van der Waals surface area contributed by atoms with E-state index in [1.807, 2.05) is 6.07 Å². The van der Waals surface area contributed by atoms with Crippen LogP contribution in [0.3, 0.4) is 0 Å². The lowest BCUT2D eigenvalue weighted by molar-refractivity contribution is -0.140. The van der Waals surface area contributed by atoms with Crippen molar-refractivity contribution in [2.45, 2.75) is 24.7 Å². The Bertz CT molecular complexity index is 662. The second-order valence-corrected chi connectivity index (χ2v) is 6.61. The number of benzene rings is 1. The maximum absolute atomic E-state index is 12.5. The molecule has 0 saturated heterocycles. The number of sulfonamides is 1. The topological polar surface area (TPSA) is 87.5 Å². The Balaban J connectivity index is 2.90. The molecule has 1 rings (SSSR count). The molecule has 0 heterocycles. The number of ether oxygens (including phenoxy) is 1. The Labute approximate surface area is 125 Å². The first kappa shape index (κ1) is 17.1. The molecule has 1 aromatic carbocycles. The van der Waals surface area contributed by atoms with Gasteiger partial charge in [0.2, 0.25) is 10.0 Å². The molecule has 21 heavy (non-hydrogen) atoms. The maximum atomic E-state index is 12.5. The third-order valence-corrected chi connectivity index (χ3v) is 5.09. The fraction of sp³-hybridized carbons (Fsp3) is 0.429. The average Bonchev–Trinajstić information content (AvgIpc) is 2.47. The summed E-state index contributed by atoms with van der Waals surface area (Å²) in [6.07, 6.45) is 0.535. The van der Waals surface area contributed by atoms with Crippen molar-refractivity contribution in [3.8, 4) is 6.07 Å². The first-order valence-corrected chi connectivity index (χ1v) is 7.81. The van der Waals surface area contributed by atoms with Gasteiger partial charge in [0.15, 0.2) is 0 Å². The second kappa shape index (κ2) is 7.20. The van der Waals surface area contributed by atoms with Crippen LogP contribution in [0.25, 0.3) is 0 Å². The van der Waals surface area contributed by atoms with Gasteiger partial charge in [-0.15, -0.1) is 0 Å². The van der Waals surface area contributed by atoms with E-state index in [9.17, 15) is 13.2 Å². The van der Waals surface area contributed by atoms with Crippen molar-refractivity contribution in [1.82, 2.24) is 4.31 Å². The third-order valence-electron chi connectivity index (χ3n) is 3.09. The van der Waals surface area contributed by atoms with Crippen LogP contribution in [0.1, 0.15) is 24.0 Å². The van der Waals surface area contributed by atoms with Gasteiger partial charge >= 0.3 is 5.97 Å². The lowest BCUT2D eigenvalue weighted by atomic mass is 10.2. The first-order valence-electron chi connectivity index (χ1n) is 6.37. The minimum Gasteiger partial charge on any atom is -0.469 e. The second-order valence-electron chi connectivity index (χ2n) is 4.60. The first-order chi connectivity index (χ1) is 9.82. The zero-order valence-electron chi connectivity index (χ0n) is 12.3. The number of nitrogens with zero attached hydrogens (tertiary/aromatic N) is 2. The largest absolute Gasteiger partial charge is 0.469 e. The SMILES string of the molecule is COC(=O)CCCN(C)S(=O)(=O)c1cc(C#N)ccc1C. The van der Waals surface area contributed by atoms with E-state index < -0.39 is 10.0 Å². The number of carbonyl (C=O) groups is 1. The van der Waals surface area contributed by atoms with E-state index in [2.05, 4.69) is 4.74 Å². The quantitative estimate of drug-likeness (QED) is 0.742. The minimum atomic E-state index is -3.68. The number of esters is 1. The highest BCUT2D eigenvalue weighted by molar-refractivity contribution is 7.89. The molecule has 0 amide bonds. The Hall–Kier alpha value is -1.91. The Kier molecular flexibility index (Phi) is 5.88. The summed E-state index contributed by atoms with van der Waals surface area (Å²) in [6.45, 7) is 1.88. The molecule has 1 aromatic rings. The molecule has 0 saturated carbocycles. The number of rotatable bonds is 6. The van der Waals surface area contributed by atoms with E-state index in [1.54, 1.807) is 19.1 Å². The highest BCUT2D eigenvalue weighted by Crippen LogP contribution is 2.20. The fourth-order valence-electron chi connectivity index (χ4n) is 1.78. The number of aryl methyl sites for hydroxylation is 1. The van der Waals surface area contributed by atoms with Gasteiger partial charge < -0.3 is 4.74 Å². The van der Waals surface area contributed by atoms with Gasteiger partial charge in [-0.25, -0.2) is 12.7 Å². The van der Waals surface area contributed by atoms with Crippen molar-refractivity contribution in [3.05, 3.63) is 29.3 Å². The smallest absolute Gasteiger partial charge is 0.305 e. The van der Waals surface area contributed by atoms with Crippen molar-refractivity contribution < 1.29 is 17.9 Å². The molecule has 0 aliphatic heterocycles. The fourth-order valence-corrected chi connectivity index (χ4v) is 3.24. The number of carbonyl (C=O) groups excluding carboxylic acids is 1. The van der Waals surface area contributed by atoms with Gasteiger partial charge in [-0.1, -0.05) is 6.07 Å². The molecule has 0 atom stereocenters. The van der Waals surface area contributed by atoms with E-state index in [0.29, 0.717) is 17.5 Å². The number of methoxy groups -OCH3 is 1. The van der Waals surface area contributed by atoms with Gasteiger partial charge in [-0.3, -0.25) is 4.79 Å². The Morgan fingerprint density at radius 2 is 2.10 bits per heavy atom. The van der Waals surface area contributed by atoms with Gasteiger partial charge in [-0.2, -0.15) is 5.26 Å². The van der Waals surface area contributed by atoms with Gasteiger partial charge in [0.05, 0.1) is 23.6 Å². The molecule has 114 valence electrons. The monoisotopic (exact) mass is 310 g/mol. The summed E-state index contributed by atoms with van der Waals surface area (Å²) in [7, 11) is -0.936. The molecule has 7 heteroatoms. The molecule has 0 unspecified atom stereocenters. The zero-order valence-corrected chi connectivity index (χ0v) is 13.1. The van der Waals surface area contributed by atoms with Gasteiger partial charge in [0.1, 0.15) is 0 Å². The number of hydrogen-bond acceptors (Lipinski definition) is 5. The van der Waals surface area contributed by atoms with Gasteiger partial charge in [0, 0.05) is 20.0 Å². The van der Waals surface area contributed by atoms with Gasteiger partial charge in [-0.05, 0) is 31.0 Å². The molecular weight excluding hydrogens is 292 g/mol. The molecule has 0 aliphatic rings. The van der Waals surface area contributed by atoms with Crippen molar-refractivity contribution in [1.29, 1.82) is 5.26 Å². The highest BCUT2D eigenvalue weighted by Gasteiger charge is 2.23. The molecular formula is C14H18N2O4S. The van der Waals surface area contributed by atoms with Crippen LogP contribution in [-0.2, 0) is 19.6 Å². The van der Waals surface area contributed by atoms with Crippen LogP contribution in [0.2, 0.25) is 0 Å². The minimum absolute atomic E-state index is 0.113. The molecule has 0 aliphatic carbocycles.